The number of nitrogens with zero attached hydrogens (tertiary/aromatic N) is 1. The largest absolute Gasteiger partial charge is 0.489 e. The highest BCUT2D eigenvalue weighted by Gasteiger charge is 2.16. The number of nitrogens with two attached hydrogens (primary N) is 1. The predicted molar refractivity (Wildman–Crippen MR) is 120 cm³/mol. The van der Waals surface area contributed by atoms with Crippen LogP contribution in [0.3, 0.4) is 0 Å². The van der Waals surface area contributed by atoms with E-state index in [2.05, 4.69) is 54.3 Å². The van der Waals surface area contributed by atoms with Gasteiger partial charge in [0.15, 0.2) is 0 Å². The lowest BCUT2D eigenvalue weighted by atomic mass is 9.94. The molecule has 5 heteroatoms. The van der Waals surface area contributed by atoms with Crippen molar-refractivity contribution in [2.75, 3.05) is 18.8 Å². The molecule has 0 aromatic heterocycles. The molecule has 0 bridgehead atoms. The van der Waals surface area contributed by atoms with Crippen LogP contribution >= 0.6 is 24.8 Å². The molecule has 27 heavy (non-hydrogen) atoms. The summed E-state index contributed by atoms with van der Waals surface area (Å²) in [6.45, 7) is 9.25. The number of halogens is 2. The Labute approximate surface area is 175 Å². The first-order chi connectivity index (χ1) is 12.0. The Morgan fingerprint density at radius 3 is 2.41 bits per heavy atom. The van der Waals surface area contributed by atoms with Crippen LogP contribution in [0.25, 0.3) is 5.57 Å². The third-order valence-corrected chi connectivity index (χ3v) is 4.61. The fourth-order valence-electron chi connectivity index (χ4n) is 3.35. The Hall–Kier alpha value is -1.68. The van der Waals surface area contributed by atoms with E-state index in [1.807, 2.05) is 19.9 Å². The molecule has 3 rings (SSSR count). The Balaban J connectivity index is 0.00000182. The highest BCUT2D eigenvalue weighted by Crippen LogP contribution is 2.33. The van der Waals surface area contributed by atoms with Gasteiger partial charge < -0.3 is 10.5 Å². The van der Waals surface area contributed by atoms with Gasteiger partial charge in [-0.15, -0.1) is 24.8 Å². The summed E-state index contributed by atoms with van der Waals surface area (Å²) in [5.41, 5.74) is 12.1. The van der Waals surface area contributed by atoms with Gasteiger partial charge in [0.1, 0.15) is 5.75 Å². The van der Waals surface area contributed by atoms with Crippen LogP contribution in [0.5, 0.6) is 5.75 Å². The van der Waals surface area contributed by atoms with Crippen molar-refractivity contribution in [2.45, 2.75) is 39.8 Å². The normalized spacial score (nSPS) is 14.1. The highest BCUT2D eigenvalue weighted by molar-refractivity contribution is 5.85. The minimum absolute atomic E-state index is 0. The van der Waals surface area contributed by atoms with E-state index in [-0.39, 0.29) is 30.9 Å². The van der Waals surface area contributed by atoms with Crippen LogP contribution in [0.2, 0.25) is 0 Å². The summed E-state index contributed by atoms with van der Waals surface area (Å²) >= 11 is 0. The van der Waals surface area contributed by atoms with Crippen LogP contribution in [0.1, 0.15) is 37.0 Å². The van der Waals surface area contributed by atoms with Gasteiger partial charge in [0.25, 0.3) is 0 Å². The standard InChI is InChI=1S/C22H28N2O.2ClH/c1-16(2)25-22-14-20(17(3)13-21(22)23)19-9-11-24(12-10-19)15-18-7-5-4-6-8-18;;/h4-9,13-14,16H,10-12,15,23H2,1-3H3;2*1H. The first-order valence-electron chi connectivity index (χ1n) is 9.05. The maximum Gasteiger partial charge on any atom is 0.143 e. The maximum atomic E-state index is 6.12. The number of nitrogen functional groups attached to an aromatic ring is 1. The molecule has 148 valence electrons. The smallest absolute Gasteiger partial charge is 0.143 e. The number of aryl methyl sites for hydroxylation is 1. The van der Waals surface area contributed by atoms with Crippen molar-refractivity contribution >= 4 is 36.1 Å². The van der Waals surface area contributed by atoms with E-state index in [4.69, 9.17) is 10.5 Å². The maximum absolute atomic E-state index is 6.12. The molecule has 0 saturated heterocycles. The van der Waals surface area contributed by atoms with Gasteiger partial charge in [-0.1, -0.05) is 36.4 Å². The zero-order chi connectivity index (χ0) is 17.8. The van der Waals surface area contributed by atoms with E-state index in [0.717, 1.165) is 37.5 Å². The Morgan fingerprint density at radius 2 is 1.81 bits per heavy atom. The summed E-state index contributed by atoms with van der Waals surface area (Å²) in [5, 5.41) is 0. The summed E-state index contributed by atoms with van der Waals surface area (Å²) in [4.78, 5) is 2.48. The minimum Gasteiger partial charge on any atom is -0.489 e. The second kappa shape index (κ2) is 10.6. The van der Waals surface area contributed by atoms with E-state index in [1.165, 1.54) is 22.3 Å². The summed E-state index contributed by atoms with van der Waals surface area (Å²) in [6, 6.07) is 14.8. The molecule has 0 unspecified atom stereocenters. The molecule has 0 spiro atoms. The quantitative estimate of drug-likeness (QED) is 0.663. The highest BCUT2D eigenvalue weighted by atomic mass is 35.5. The monoisotopic (exact) mass is 408 g/mol. The molecule has 1 heterocycles. The van der Waals surface area contributed by atoms with E-state index < -0.39 is 0 Å². The summed E-state index contributed by atoms with van der Waals surface area (Å²) in [5.74, 6) is 0.795. The van der Waals surface area contributed by atoms with Crippen LogP contribution in [0.15, 0.2) is 48.5 Å². The first-order valence-corrected chi connectivity index (χ1v) is 9.05. The van der Waals surface area contributed by atoms with Gasteiger partial charge in [0.2, 0.25) is 0 Å². The molecule has 3 nitrogen and oxygen atoms in total. The number of hydrogen-bond donors (Lipinski definition) is 1. The van der Waals surface area contributed by atoms with Crippen LogP contribution in [-0.2, 0) is 6.54 Å². The average Bonchev–Trinajstić information content (AvgIpc) is 2.59. The second-order valence-corrected chi connectivity index (χ2v) is 7.07. The molecular weight excluding hydrogens is 379 g/mol. The van der Waals surface area contributed by atoms with Crippen LogP contribution in [0, 0.1) is 6.92 Å². The molecular formula is C22H30Cl2N2O. The van der Waals surface area contributed by atoms with Crippen molar-refractivity contribution < 1.29 is 4.74 Å². The van der Waals surface area contributed by atoms with Gasteiger partial charge >= 0.3 is 0 Å². The van der Waals surface area contributed by atoms with Crippen molar-refractivity contribution in [1.29, 1.82) is 0 Å². The fraction of sp³-hybridized carbons (Fsp3) is 0.364. The van der Waals surface area contributed by atoms with Crippen molar-refractivity contribution in [3.8, 4) is 5.75 Å². The first kappa shape index (κ1) is 23.4. The van der Waals surface area contributed by atoms with Crippen molar-refractivity contribution in [1.82, 2.24) is 4.90 Å². The molecule has 0 aliphatic carbocycles. The van der Waals surface area contributed by atoms with Crippen molar-refractivity contribution in [3.63, 3.8) is 0 Å². The van der Waals surface area contributed by atoms with Gasteiger partial charge in [0.05, 0.1) is 11.8 Å². The average molecular weight is 409 g/mol. The Kier molecular flexibility index (Phi) is 9.17. The molecule has 0 fully saturated rings. The number of benzene rings is 2. The third kappa shape index (κ3) is 6.17. The van der Waals surface area contributed by atoms with Gasteiger partial charge in [-0.2, -0.15) is 0 Å². The number of ether oxygens (including phenoxy) is 1. The molecule has 2 N–H and O–H groups in total. The second-order valence-electron chi connectivity index (χ2n) is 7.07. The van der Waals surface area contributed by atoms with Crippen molar-refractivity contribution in [3.05, 3.63) is 65.2 Å². The zero-order valence-electron chi connectivity index (χ0n) is 16.3. The lowest BCUT2D eigenvalue weighted by molar-refractivity contribution is 0.243. The molecule has 2 aromatic rings. The zero-order valence-corrected chi connectivity index (χ0v) is 17.9. The SMILES string of the molecule is Cc1cc(N)c(OC(C)C)cc1C1=CCN(Cc2ccccc2)CC1.Cl.Cl. The minimum atomic E-state index is 0. The molecule has 0 radical (unpaired) electrons. The van der Waals surface area contributed by atoms with Crippen LogP contribution < -0.4 is 10.5 Å². The summed E-state index contributed by atoms with van der Waals surface area (Å²) < 4.78 is 5.87. The van der Waals surface area contributed by atoms with E-state index >= 15 is 0 Å². The topological polar surface area (TPSA) is 38.5 Å². The van der Waals surface area contributed by atoms with Gasteiger partial charge in [-0.05, 0) is 61.6 Å². The van der Waals surface area contributed by atoms with Crippen LogP contribution in [-0.4, -0.2) is 24.1 Å². The van der Waals surface area contributed by atoms with E-state index in [0.29, 0.717) is 0 Å². The van der Waals surface area contributed by atoms with Crippen LogP contribution in [0.4, 0.5) is 5.69 Å². The molecule has 2 aromatic carbocycles. The molecule has 0 saturated carbocycles. The Bertz CT molecular complexity index is 760. The third-order valence-electron chi connectivity index (χ3n) is 4.61. The number of rotatable bonds is 5. The van der Waals surface area contributed by atoms with Crippen molar-refractivity contribution in [2.24, 2.45) is 0 Å². The summed E-state index contributed by atoms with van der Waals surface area (Å²) in [7, 11) is 0. The number of anilines is 1. The van der Waals surface area contributed by atoms with Gasteiger partial charge in [-0.25, -0.2) is 0 Å². The molecule has 0 amide bonds. The number of hydrogen-bond acceptors (Lipinski definition) is 3. The summed E-state index contributed by atoms with van der Waals surface area (Å²) in [6.07, 6.45) is 3.53. The lowest BCUT2D eigenvalue weighted by Gasteiger charge is -2.27. The Morgan fingerprint density at radius 1 is 1.11 bits per heavy atom. The van der Waals surface area contributed by atoms with E-state index in [1.54, 1.807) is 0 Å². The lowest BCUT2D eigenvalue weighted by Crippen LogP contribution is -2.28. The van der Waals surface area contributed by atoms with Gasteiger partial charge in [-0.3, -0.25) is 4.90 Å². The predicted octanol–water partition coefficient (Wildman–Crippen LogP) is 5.50. The molecule has 1 aliphatic rings. The van der Waals surface area contributed by atoms with Gasteiger partial charge in [0, 0.05) is 19.6 Å². The molecule has 1 aliphatic heterocycles. The van der Waals surface area contributed by atoms with E-state index in [9.17, 15) is 0 Å². The fourth-order valence-corrected chi connectivity index (χ4v) is 3.35. The molecule has 0 atom stereocenters.